The number of aryl methyl sites for hydroxylation is 2. The van der Waals surface area contributed by atoms with Crippen LogP contribution in [0.3, 0.4) is 0 Å². The van der Waals surface area contributed by atoms with E-state index in [1.807, 2.05) is 13.0 Å². The fraction of sp³-hybridized carbons (Fsp3) is 0.238. The molecule has 0 bridgehead atoms. The number of ether oxygens (including phenoxy) is 2. The maximum atomic E-state index is 12.7. The molecule has 0 saturated carbocycles. The highest BCUT2D eigenvalue weighted by molar-refractivity contribution is 7.15. The van der Waals surface area contributed by atoms with E-state index in [9.17, 15) is 18.0 Å². The first kappa shape index (κ1) is 21.6. The fourth-order valence-corrected chi connectivity index (χ4v) is 3.75. The number of rotatable bonds is 7. The molecule has 0 radical (unpaired) electrons. The van der Waals surface area contributed by atoms with Crippen LogP contribution in [0.2, 0.25) is 0 Å². The van der Waals surface area contributed by atoms with Crippen molar-refractivity contribution in [3.05, 3.63) is 64.3 Å². The lowest BCUT2D eigenvalue weighted by molar-refractivity contribution is -0.141. The Kier molecular flexibility index (Phi) is 6.31. The molecule has 3 rings (SSSR count). The van der Waals surface area contributed by atoms with Crippen LogP contribution in [0.15, 0.2) is 42.6 Å². The van der Waals surface area contributed by atoms with Gasteiger partial charge in [0.05, 0.1) is 0 Å². The van der Waals surface area contributed by atoms with Crippen molar-refractivity contribution in [2.75, 3.05) is 6.61 Å². The Morgan fingerprint density at radius 3 is 2.47 bits per heavy atom. The molecule has 0 spiro atoms. The van der Waals surface area contributed by atoms with Gasteiger partial charge in [0.1, 0.15) is 23.8 Å². The SMILES string of the molecule is Cc1cc(OCc2sc(-c3ccc(C(F)(F)F)nc3)cc2C)ccc1OCC(=O)O. The van der Waals surface area contributed by atoms with E-state index in [0.717, 1.165) is 26.9 Å². The van der Waals surface area contributed by atoms with Crippen molar-refractivity contribution in [3.63, 3.8) is 0 Å². The van der Waals surface area contributed by atoms with Gasteiger partial charge in [0.2, 0.25) is 0 Å². The number of benzene rings is 1. The zero-order chi connectivity index (χ0) is 21.9. The van der Waals surface area contributed by atoms with Crippen molar-refractivity contribution in [2.24, 2.45) is 0 Å². The molecule has 0 saturated heterocycles. The Bertz CT molecular complexity index is 1050. The highest BCUT2D eigenvalue weighted by Crippen LogP contribution is 2.34. The van der Waals surface area contributed by atoms with Crippen molar-refractivity contribution >= 4 is 17.3 Å². The van der Waals surface area contributed by atoms with Gasteiger partial charge in [0, 0.05) is 21.5 Å². The zero-order valence-electron chi connectivity index (χ0n) is 16.1. The van der Waals surface area contributed by atoms with Crippen LogP contribution in [0.5, 0.6) is 11.5 Å². The summed E-state index contributed by atoms with van der Waals surface area (Å²) in [5.74, 6) is 0.0109. The van der Waals surface area contributed by atoms with Crippen molar-refractivity contribution in [1.29, 1.82) is 0 Å². The van der Waals surface area contributed by atoms with Gasteiger partial charge in [-0.3, -0.25) is 4.98 Å². The number of pyridine rings is 1. The Hall–Kier alpha value is -3.07. The van der Waals surface area contributed by atoms with Gasteiger partial charge in [-0.15, -0.1) is 11.3 Å². The first-order valence-corrected chi connectivity index (χ1v) is 9.66. The summed E-state index contributed by atoms with van der Waals surface area (Å²) in [5.41, 5.74) is 1.40. The maximum absolute atomic E-state index is 12.7. The van der Waals surface area contributed by atoms with Crippen LogP contribution in [0.1, 0.15) is 21.7 Å². The standard InChI is InChI=1S/C21H18F3NO4S/c1-12-7-15(4-5-16(12)29-11-20(26)27)28-10-18-13(2)8-17(30-18)14-3-6-19(25-9-14)21(22,23)24/h3-9H,10-11H2,1-2H3,(H,26,27). The monoisotopic (exact) mass is 437 g/mol. The molecule has 2 heterocycles. The average Bonchev–Trinajstić information content (AvgIpc) is 3.05. The third-order valence-corrected chi connectivity index (χ3v) is 5.49. The minimum Gasteiger partial charge on any atom is -0.488 e. The van der Waals surface area contributed by atoms with Gasteiger partial charge in [-0.2, -0.15) is 13.2 Å². The van der Waals surface area contributed by atoms with Crippen LogP contribution in [-0.2, 0) is 17.6 Å². The highest BCUT2D eigenvalue weighted by Gasteiger charge is 2.32. The number of carbonyl (C=O) groups is 1. The van der Waals surface area contributed by atoms with Crippen molar-refractivity contribution in [2.45, 2.75) is 26.6 Å². The van der Waals surface area contributed by atoms with E-state index in [2.05, 4.69) is 4.98 Å². The van der Waals surface area contributed by atoms with E-state index in [4.69, 9.17) is 14.6 Å². The molecule has 0 unspecified atom stereocenters. The molecule has 0 aliphatic carbocycles. The van der Waals surface area contributed by atoms with E-state index in [0.29, 0.717) is 23.7 Å². The molecule has 0 amide bonds. The predicted octanol–water partition coefficient (Wildman–Crippen LogP) is 5.49. The lowest BCUT2D eigenvalue weighted by Gasteiger charge is -2.10. The number of alkyl halides is 3. The number of halogens is 3. The number of aromatic nitrogens is 1. The second-order valence-electron chi connectivity index (χ2n) is 6.55. The van der Waals surface area contributed by atoms with Crippen LogP contribution in [0, 0.1) is 13.8 Å². The summed E-state index contributed by atoms with van der Waals surface area (Å²) in [7, 11) is 0. The summed E-state index contributed by atoms with van der Waals surface area (Å²) in [5, 5.41) is 8.69. The molecule has 1 aromatic carbocycles. The summed E-state index contributed by atoms with van der Waals surface area (Å²) >= 11 is 1.43. The van der Waals surface area contributed by atoms with E-state index in [1.165, 1.54) is 23.6 Å². The van der Waals surface area contributed by atoms with Gasteiger partial charge >= 0.3 is 12.1 Å². The summed E-state index contributed by atoms with van der Waals surface area (Å²) in [6.07, 6.45) is -3.24. The second kappa shape index (κ2) is 8.74. The third-order valence-electron chi connectivity index (χ3n) is 4.23. The zero-order valence-corrected chi connectivity index (χ0v) is 16.9. The molecule has 3 aromatic rings. The van der Waals surface area contributed by atoms with Crippen LogP contribution in [0.25, 0.3) is 10.4 Å². The number of hydrogen-bond donors (Lipinski definition) is 1. The lowest BCUT2D eigenvalue weighted by atomic mass is 10.2. The van der Waals surface area contributed by atoms with Crippen LogP contribution in [-0.4, -0.2) is 22.7 Å². The average molecular weight is 437 g/mol. The minimum absolute atomic E-state index is 0.291. The van der Waals surface area contributed by atoms with E-state index < -0.39 is 24.4 Å². The quantitative estimate of drug-likeness (QED) is 0.530. The molecule has 1 N–H and O–H groups in total. The van der Waals surface area contributed by atoms with Crippen molar-refractivity contribution in [1.82, 2.24) is 4.98 Å². The summed E-state index contributed by atoms with van der Waals surface area (Å²) in [6.45, 7) is 3.57. The molecule has 0 fully saturated rings. The Morgan fingerprint density at radius 2 is 1.87 bits per heavy atom. The van der Waals surface area contributed by atoms with E-state index in [1.54, 1.807) is 25.1 Å². The number of hydrogen-bond acceptors (Lipinski definition) is 5. The molecule has 2 aromatic heterocycles. The Balaban J connectivity index is 1.68. The number of carboxylic acids is 1. The van der Waals surface area contributed by atoms with E-state index in [-0.39, 0.29) is 0 Å². The molecular weight excluding hydrogens is 419 g/mol. The molecule has 0 aliphatic heterocycles. The predicted molar refractivity (Wildman–Crippen MR) is 106 cm³/mol. The van der Waals surface area contributed by atoms with Crippen LogP contribution < -0.4 is 9.47 Å². The number of nitrogens with zero attached hydrogens (tertiary/aromatic N) is 1. The third kappa shape index (κ3) is 5.29. The first-order chi connectivity index (χ1) is 14.1. The molecule has 9 heteroatoms. The van der Waals surface area contributed by atoms with E-state index >= 15 is 0 Å². The van der Waals surface area contributed by atoms with Gasteiger partial charge in [-0.25, -0.2) is 4.79 Å². The van der Waals surface area contributed by atoms with Crippen molar-refractivity contribution < 1.29 is 32.5 Å². The maximum Gasteiger partial charge on any atom is 0.433 e. The fourth-order valence-electron chi connectivity index (χ4n) is 2.67. The number of carboxylic acid groups (broad SMARTS) is 1. The van der Waals surface area contributed by atoms with Gasteiger partial charge in [-0.1, -0.05) is 0 Å². The number of aliphatic carboxylic acids is 1. The first-order valence-electron chi connectivity index (χ1n) is 8.84. The second-order valence-corrected chi connectivity index (χ2v) is 7.68. The molecular formula is C21H18F3NO4S. The van der Waals surface area contributed by atoms with Gasteiger partial charge in [0.25, 0.3) is 0 Å². The minimum atomic E-state index is -4.46. The number of thiophene rings is 1. The normalized spacial score (nSPS) is 11.4. The topological polar surface area (TPSA) is 68.7 Å². The lowest BCUT2D eigenvalue weighted by Crippen LogP contribution is -2.10. The van der Waals surface area contributed by atoms with Crippen LogP contribution in [0.4, 0.5) is 13.2 Å². The summed E-state index contributed by atoms with van der Waals surface area (Å²) in [4.78, 5) is 15.9. The molecule has 0 aliphatic rings. The largest absolute Gasteiger partial charge is 0.488 e. The summed E-state index contributed by atoms with van der Waals surface area (Å²) in [6, 6.07) is 9.35. The summed E-state index contributed by atoms with van der Waals surface area (Å²) < 4.78 is 49.0. The Morgan fingerprint density at radius 1 is 1.10 bits per heavy atom. The van der Waals surface area contributed by atoms with Gasteiger partial charge in [0.15, 0.2) is 6.61 Å². The molecule has 0 atom stereocenters. The molecule has 30 heavy (non-hydrogen) atoms. The Labute approximate surface area is 174 Å². The van der Waals surface area contributed by atoms with Gasteiger partial charge < -0.3 is 14.6 Å². The molecule has 158 valence electrons. The smallest absolute Gasteiger partial charge is 0.433 e. The van der Waals surface area contributed by atoms with Crippen molar-refractivity contribution in [3.8, 4) is 21.9 Å². The highest BCUT2D eigenvalue weighted by atomic mass is 32.1. The van der Waals surface area contributed by atoms with Crippen LogP contribution >= 0.6 is 11.3 Å². The van der Waals surface area contributed by atoms with Gasteiger partial charge in [-0.05, 0) is 61.4 Å². The molecule has 5 nitrogen and oxygen atoms in total.